The van der Waals surface area contributed by atoms with Crippen molar-refractivity contribution in [2.24, 2.45) is 5.73 Å². The molecule has 0 saturated carbocycles. The minimum absolute atomic E-state index is 0.280. The van der Waals surface area contributed by atoms with Gasteiger partial charge in [0, 0.05) is 41.2 Å². The molecule has 2 heterocycles. The molecule has 0 aliphatic heterocycles. The lowest BCUT2D eigenvalue weighted by atomic mass is 9.85. The van der Waals surface area contributed by atoms with Crippen LogP contribution in [0.15, 0.2) is 42.6 Å². The van der Waals surface area contributed by atoms with Crippen LogP contribution in [0.25, 0.3) is 27.5 Å². The number of H-pyrrole nitrogens is 1. The van der Waals surface area contributed by atoms with Crippen LogP contribution >= 0.6 is 0 Å². The maximum absolute atomic E-state index is 13.7. The molecule has 0 unspecified atom stereocenters. The highest BCUT2D eigenvalue weighted by atomic mass is 19.1. The first-order valence-electron chi connectivity index (χ1n) is 10.6. The number of fused-ring (bicyclic) bond motifs is 2. The number of nitrogens with two attached hydrogens (primary N) is 1. The van der Waals surface area contributed by atoms with E-state index in [-0.39, 0.29) is 11.2 Å². The molecule has 0 bridgehead atoms. The number of rotatable bonds is 8. The van der Waals surface area contributed by atoms with Gasteiger partial charge in [-0.3, -0.25) is 5.10 Å². The first kappa shape index (κ1) is 21.8. The SMILES string of the molecule is COCC(C)(C)c1c(CCCNC(N)=O)c2cc3[nH]ncc3cc2n1-c1ccc(F)cc1. The second-order valence-corrected chi connectivity index (χ2v) is 8.68. The molecule has 0 aliphatic rings. The molecule has 2 aromatic heterocycles. The van der Waals surface area contributed by atoms with Gasteiger partial charge in [-0.15, -0.1) is 0 Å². The number of aromatic amines is 1. The van der Waals surface area contributed by atoms with E-state index in [0.717, 1.165) is 51.6 Å². The van der Waals surface area contributed by atoms with Crippen LogP contribution in [0.4, 0.5) is 9.18 Å². The number of ether oxygens (including phenoxy) is 1. The van der Waals surface area contributed by atoms with Gasteiger partial charge in [0.15, 0.2) is 0 Å². The Morgan fingerprint density at radius 2 is 2.03 bits per heavy atom. The topological polar surface area (TPSA) is 98.0 Å². The summed E-state index contributed by atoms with van der Waals surface area (Å²) in [6, 6.07) is 10.2. The van der Waals surface area contributed by atoms with E-state index in [1.54, 1.807) is 25.4 Å². The normalized spacial score (nSPS) is 12.0. The van der Waals surface area contributed by atoms with Crippen LogP contribution in [-0.4, -0.2) is 41.1 Å². The lowest BCUT2D eigenvalue weighted by Gasteiger charge is -2.28. The number of benzene rings is 2. The van der Waals surface area contributed by atoms with Crippen LogP contribution < -0.4 is 11.1 Å². The Hall–Kier alpha value is -3.39. The predicted molar refractivity (Wildman–Crippen MR) is 124 cm³/mol. The van der Waals surface area contributed by atoms with E-state index in [1.165, 1.54) is 12.1 Å². The maximum atomic E-state index is 13.7. The number of carbonyl (C=O) groups is 1. The van der Waals surface area contributed by atoms with E-state index in [4.69, 9.17) is 10.5 Å². The zero-order chi connectivity index (χ0) is 22.9. The molecule has 0 spiro atoms. The van der Waals surface area contributed by atoms with Crippen molar-refractivity contribution in [1.29, 1.82) is 0 Å². The molecule has 4 N–H and O–H groups in total. The maximum Gasteiger partial charge on any atom is 0.312 e. The number of carbonyl (C=O) groups excluding carboxylic acids is 1. The molecule has 8 heteroatoms. The molecule has 0 radical (unpaired) electrons. The third-order valence-corrected chi connectivity index (χ3v) is 5.77. The van der Waals surface area contributed by atoms with E-state index in [2.05, 4.69) is 46.1 Å². The van der Waals surface area contributed by atoms with Gasteiger partial charge in [0.25, 0.3) is 0 Å². The molecule has 168 valence electrons. The van der Waals surface area contributed by atoms with Gasteiger partial charge in [-0.05, 0) is 54.8 Å². The molecule has 4 rings (SSSR count). The number of halogens is 1. The third-order valence-electron chi connectivity index (χ3n) is 5.77. The quantitative estimate of drug-likeness (QED) is 0.361. The zero-order valence-electron chi connectivity index (χ0n) is 18.5. The molecule has 0 atom stereocenters. The number of urea groups is 1. The number of nitrogens with one attached hydrogen (secondary N) is 2. The summed E-state index contributed by atoms with van der Waals surface area (Å²) in [4.78, 5) is 11.1. The summed E-state index contributed by atoms with van der Waals surface area (Å²) >= 11 is 0. The van der Waals surface area contributed by atoms with Gasteiger partial charge in [-0.25, -0.2) is 9.18 Å². The number of nitrogens with zero attached hydrogens (tertiary/aromatic N) is 2. The monoisotopic (exact) mass is 437 g/mol. The molecular weight excluding hydrogens is 409 g/mol. The van der Waals surface area contributed by atoms with Gasteiger partial charge < -0.3 is 20.4 Å². The highest BCUT2D eigenvalue weighted by Gasteiger charge is 2.31. The van der Waals surface area contributed by atoms with Gasteiger partial charge in [0.2, 0.25) is 0 Å². The molecule has 0 aliphatic carbocycles. The van der Waals surface area contributed by atoms with Crippen molar-refractivity contribution >= 4 is 27.8 Å². The smallest absolute Gasteiger partial charge is 0.312 e. The van der Waals surface area contributed by atoms with Crippen LogP contribution in [0.1, 0.15) is 31.5 Å². The number of hydrogen-bond donors (Lipinski definition) is 3. The fourth-order valence-electron chi connectivity index (χ4n) is 4.52. The number of primary amides is 1. The number of methoxy groups -OCH3 is 1. The standard InChI is InChI=1S/C24H28FN5O2/c1-24(2,14-32-3)22-18(5-4-10-27-23(26)31)19-12-20-15(13-28-29-20)11-21(19)30(22)17-8-6-16(25)7-9-17/h6-9,11-13H,4-5,10,14H2,1-3H3,(H,28,29)(H3,26,27,31). The van der Waals surface area contributed by atoms with E-state index in [0.29, 0.717) is 13.2 Å². The summed E-state index contributed by atoms with van der Waals surface area (Å²) in [6.45, 7) is 5.28. The van der Waals surface area contributed by atoms with E-state index in [1.807, 2.05) is 0 Å². The Morgan fingerprint density at radius 3 is 2.72 bits per heavy atom. The molecule has 0 fully saturated rings. The minimum atomic E-state index is -0.530. The minimum Gasteiger partial charge on any atom is -0.384 e. The van der Waals surface area contributed by atoms with Crippen molar-refractivity contribution in [3.05, 3.63) is 59.7 Å². The third kappa shape index (κ3) is 4.05. The fraction of sp³-hybridized carbons (Fsp3) is 0.333. The van der Waals surface area contributed by atoms with Gasteiger partial charge in [-0.1, -0.05) is 13.8 Å². The van der Waals surface area contributed by atoms with Crippen molar-refractivity contribution in [2.45, 2.75) is 32.1 Å². The number of amides is 2. The van der Waals surface area contributed by atoms with Crippen LogP contribution in [0, 0.1) is 5.82 Å². The Kier molecular flexibility index (Phi) is 5.88. The number of aryl methyl sites for hydroxylation is 1. The average molecular weight is 438 g/mol. The second kappa shape index (κ2) is 8.63. The Balaban J connectivity index is 1.98. The second-order valence-electron chi connectivity index (χ2n) is 8.68. The summed E-state index contributed by atoms with van der Waals surface area (Å²) in [5.74, 6) is -0.280. The molecular formula is C24H28FN5O2. The van der Waals surface area contributed by atoms with Gasteiger partial charge in [0.05, 0.1) is 23.8 Å². The lowest BCUT2D eigenvalue weighted by molar-refractivity contribution is 0.143. The Morgan fingerprint density at radius 1 is 1.28 bits per heavy atom. The Labute approximate surface area is 185 Å². The van der Waals surface area contributed by atoms with E-state index < -0.39 is 6.03 Å². The van der Waals surface area contributed by atoms with Crippen LogP contribution in [0.3, 0.4) is 0 Å². The highest BCUT2D eigenvalue weighted by molar-refractivity contribution is 5.98. The summed E-state index contributed by atoms with van der Waals surface area (Å²) < 4.78 is 21.5. The van der Waals surface area contributed by atoms with E-state index >= 15 is 0 Å². The molecule has 7 nitrogen and oxygen atoms in total. The highest BCUT2D eigenvalue weighted by Crippen LogP contribution is 2.39. The van der Waals surface area contributed by atoms with Gasteiger partial charge in [-0.2, -0.15) is 5.10 Å². The largest absolute Gasteiger partial charge is 0.384 e. The number of aromatic nitrogens is 3. The van der Waals surface area contributed by atoms with Crippen molar-refractivity contribution < 1.29 is 13.9 Å². The predicted octanol–water partition coefficient (Wildman–Crippen LogP) is 4.17. The van der Waals surface area contributed by atoms with Crippen LogP contribution in [0.5, 0.6) is 0 Å². The van der Waals surface area contributed by atoms with E-state index in [9.17, 15) is 9.18 Å². The van der Waals surface area contributed by atoms with Crippen LogP contribution in [-0.2, 0) is 16.6 Å². The van der Waals surface area contributed by atoms with Gasteiger partial charge >= 0.3 is 6.03 Å². The lowest BCUT2D eigenvalue weighted by Crippen LogP contribution is -2.31. The van der Waals surface area contributed by atoms with Crippen molar-refractivity contribution in [1.82, 2.24) is 20.1 Å². The van der Waals surface area contributed by atoms with Crippen molar-refractivity contribution in [3.63, 3.8) is 0 Å². The summed E-state index contributed by atoms with van der Waals surface area (Å²) in [7, 11) is 1.69. The molecule has 2 aromatic carbocycles. The molecule has 32 heavy (non-hydrogen) atoms. The fourth-order valence-corrected chi connectivity index (χ4v) is 4.52. The number of hydrogen-bond acceptors (Lipinski definition) is 3. The molecule has 0 saturated heterocycles. The van der Waals surface area contributed by atoms with Gasteiger partial charge in [0.1, 0.15) is 5.82 Å². The summed E-state index contributed by atoms with van der Waals surface area (Å²) in [5, 5.41) is 12.0. The molecule has 2 amide bonds. The first-order valence-corrected chi connectivity index (χ1v) is 10.6. The summed E-state index contributed by atoms with van der Waals surface area (Å²) in [6.07, 6.45) is 3.25. The van der Waals surface area contributed by atoms with Crippen molar-refractivity contribution in [2.75, 3.05) is 20.3 Å². The van der Waals surface area contributed by atoms with Crippen molar-refractivity contribution in [3.8, 4) is 5.69 Å². The molecule has 4 aromatic rings. The summed E-state index contributed by atoms with van der Waals surface area (Å²) in [5.41, 5.74) is 9.99. The first-order chi connectivity index (χ1) is 15.3. The Bertz CT molecular complexity index is 1260. The average Bonchev–Trinajstić information content (AvgIpc) is 3.32. The van der Waals surface area contributed by atoms with Crippen LogP contribution in [0.2, 0.25) is 0 Å². The zero-order valence-corrected chi connectivity index (χ0v) is 18.5.